The number of hydrogen-bond acceptors (Lipinski definition) is 3. The molecule has 0 radical (unpaired) electrons. The molecule has 1 N–H and O–H groups in total. The lowest BCUT2D eigenvalue weighted by Gasteiger charge is -2.05. The normalized spacial score (nSPS) is 22.1. The maximum atomic E-state index is 11.6. The van der Waals surface area contributed by atoms with Crippen LogP contribution >= 0.6 is 0 Å². The number of hydrogen-bond donors (Lipinski definition) is 1. The Morgan fingerprint density at radius 1 is 1.53 bits per heavy atom. The van der Waals surface area contributed by atoms with Crippen molar-refractivity contribution < 1.29 is 4.79 Å². The van der Waals surface area contributed by atoms with Gasteiger partial charge >= 0.3 is 0 Å². The number of aromatic nitrogens is 2. The van der Waals surface area contributed by atoms with Crippen LogP contribution in [0.4, 0.5) is 0 Å². The molecule has 1 aromatic heterocycles. The zero-order valence-electron chi connectivity index (χ0n) is 9.03. The summed E-state index contributed by atoms with van der Waals surface area (Å²) in [6, 6.07) is 0. The number of rotatable bonds is 3. The third kappa shape index (κ3) is 2.32. The van der Waals surface area contributed by atoms with Crippen molar-refractivity contribution in [1.29, 1.82) is 0 Å². The molecular weight excluding hydrogens is 190 g/mol. The minimum absolute atomic E-state index is 0.0849. The fourth-order valence-electron chi connectivity index (χ4n) is 1.66. The summed E-state index contributed by atoms with van der Waals surface area (Å²) in [6.07, 6.45) is 5.67. The van der Waals surface area contributed by atoms with Crippen molar-refractivity contribution in [1.82, 2.24) is 15.3 Å². The molecular formula is C11H15N3O. The minimum Gasteiger partial charge on any atom is -0.352 e. The Hall–Kier alpha value is -1.45. The van der Waals surface area contributed by atoms with Gasteiger partial charge in [0.2, 0.25) is 0 Å². The molecule has 1 amide bonds. The summed E-state index contributed by atoms with van der Waals surface area (Å²) in [5.41, 5.74) is 0.927. The van der Waals surface area contributed by atoms with Crippen molar-refractivity contribution in [2.45, 2.75) is 20.3 Å². The third-order valence-corrected chi connectivity index (χ3v) is 3.05. The second kappa shape index (κ2) is 3.61. The van der Waals surface area contributed by atoms with Crippen LogP contribution in [0.25, 0.3) is 0 Å². The van der Waals surface area contributed by atoms with Crippen LogP contribution in [0.5, 0.6) is 0 Å². The first kappa shape index (κ1) is 10.1. The molecule has 0 aromatic carbocycles. The monoisotopic (exact) mass is 205 g/mol. The van der Waals surface area contributed by atoms with Gasteiger partial charge in [-0.2, -0.15) is 0 Å². The van der Waals surface area contributed by atoms with Gasteiger partial charge in [-0.15, -0.1) is 0 Å². The van der Waals surface area contributed by atoms with E-state index < -0.39 is 0 Å². The minimum atomic E-state index is -0.0849. The maximum absolute atomic E-state index is 11.6. The molecule has 1 aliphatic carbocycles. The summed E-state index contributed by atoms with van der Waals surface area (Å²) in [4.78, 5) is 19.2. The van der Waals surface area contributed by atoms with Crippen LogP contribution in [0.2, 0.25) is 0 Å². The molecule has 0 saturated heterocycles. The Balaban J connectivity index is 1.84. The van der Waals surface area contributed by atoms with E-state index in [4.69, 9.17) is 0 Å². The van der Waals surface area contributed by atoms with Gasteiger partial charge in [0, 0.05) is 18.9 Å². The maximum Gasteiger partial charge on any atom is 0.254 e. The molecule has 4 heteroatoms. The van der Waals surface area contributed by atoms with Crippen molar-refractivity contribution in [2.75, 3.05) is 6.54 Å². The molecule has 80 valence electrons. The number of carbonyl (C=O) groups is 1. The van der Waals surface area contributed by atoms with Crippen LogP contribution in [0.3, 0.4) is 0 Å². The zero-order chi connectivity index (χ0) is 10.9. The predicted octanol–water partition coefficient (Wildman–Crippen LogP) is 1.25. The van der Waals surface area contributed by atoms with E-state index >= 15 is 0 Å². The van der Waals surface area contributed by atoms with E-state index in [1.807, 2.05) is 0 Å². The summed E-state index contributed by atoms with van der Waals surface area (Å²) in [5, 5.41) is 2.90. The summed E-state index contributed by atoms with van der Waals surface area (Å²) in [7, 11) is 0. The lowest BCUT2D eigenvalue weighted by Crippen LogP contribution is -2.26. The molecule has 1 fully saturated rings. The summed E-state index contributed by atoms with van der Waals surface area (Å²) in [6.45, 7) is 5.19. The van der Waals surface area contributed by atoms with Gasteiger partial charge in [-0.05, 0) is 17.8 Å². The Kier molecular flexibility index (Phi) is 2.42. The van der Waals surface area contributed by atoms with Crippen LogP contribution < -0.4 is 5.32 Å². The van der Waals surface area contributed by atoms with Gasteiger partial charge in [0.15, 0.2) is 0 Å². The molecule has 0 spiro atoms. The van der Waals surface area contributed by atoms with Crippen molar-refractivity contribution in [3.8, 4) is 0 Å². The van der Waals surface area contributed by atoms with Crippen LogP contribution in [0.15, 0.2) is 18.7 Å². The second-order valence-electron chi connectivity index (χ2n) is 4.73. The van der Waals surface area contributed by atoms with E-state index in [9.17, 15) is 4.79 Å². The van der Waals surface area contributed by atoms with Gasteiger partial charge in [-0.3, -0.25) is 4.79 Å². The topological polar surface area (TPSA) is 54.9 Å². The lowest BCUT2D eigenvalue weighted by atomic mass is 10.1. The van der Waals surface area contributed by atoms with E-state index in [2.05, 4.69) is 29.1 Å². The Labute approximate surface area is 89.1 Å². The molecule has 1 aromatic rings. The first-order valence-corrected chi connectivity index (χ1v) is 5.13. The summed E-state index contributed by atoms with van der Waals surface area (Å²) < 4.78 is 0. The van der Waals surface area contributed by atoms with Crippen LogP contribution in [0, 0.1) is 11.3 Å². The summed E-state index contributed by atoms with van der Waals surface area (Å²) in [5.74, 6) is 0.532. The van der Waals surface area contributed by atoms with E-state index in [1.165, 1.54) is 25.1 Å². The Morgan fingerprint density at radius 2 is 2.13 bits per heavy atom. The molecule has 1 saturated carbocycles. The van der Waals surface area contributed by atoms with Gasteiger partial charge in [0.1, 0.15) is 6.33 Å². The highest BCUT2D eigenvalue weighted by molar-refractivity contribution is 5.93. The smallest absolute Gasteiger partial charge is 0.254 e. The SMILES string of the molecule is CC1(C)CC1CNC(=O)c1cncnc1. The van der Waals surface area contributed by atoms with E-state index in [0.29, 0.717) is 16.9 Å². The van der Waals surface area contributed by atoms with E-state index in [0.717, 1.165) is 6.54 Å². The number of nitrogens with zero attached hydrogens (tertiary/aromatic N) is 2. The predicted molar refractivity (Wildman–Crippen MR) is 56.3 cm³/mol. The molecule has 0 bridgehead atoms. The van der Waals surface area contributed by atoms with Crippen molar-refractivity contribution in [3.05, 3.63) is 24.3 Å². The summed E-state index contributed by atoms with van der Waals surface area (Å²) >= 11 is 0. The van der Waals surface area contributed by atoms with Gasteiger partial charge in [0.25, 0.3) is 5.91 Å². The molecule has 1 heterocycles. The van der Waals surface area contributed by atoms with Crippen LogP contribution in [-0.2, 0) is 0 Å². The average Bonchev–Trinajstić information content (AvgIpc) is 2.84. The first-order valence-electron chi connectivity index (χ1n) is 5.13. The van der Waals surface area contributed by atoms with E-state index in [-0.39, 0.29) is 5.91 Å². The number of amides is 1. The van der Waals surface area contributed by atoms with Crippen molar-refractivity contribution in [3.63, 3.8) is 0 Å². The fraction of sp³-hybridized carbons (Fsp3) is 0.545. The second-order valence-corrected chi connectivity index (χ2v) is 4.73. The highest BCUT2D eigenvalue weighted by Crippen LogP contribution is 2.50. The quantitative estimate of drug-likeness (QED) is 0.808. The average molecular weight is 205 g/mol. The van der Waals surface area contributed by atoms with Gasteiger partial charge < -0.3 is 5.32 Å². The van der Waals surface area contributed by atoms with E-state index in [1.54, 1.807) is 0 Å². The number of carbonyl (C=O) groups excluding carboxylic acids is 1. The highest BCUT2D eigenvalue weighted by atomic mass is 16.1. The molecule has 1 aliphatic rings. The van der Waals surface area contributed by atoms with Gasteiger partial charge in [0.05, 0.1) is 5.56 Å². The van der Waals surface area contributed by atoms with Crippen LogP contribution in [-0.4, -0.2) is 22.4 Å². The Bertz CT molecular complexity index is 361. The zero-order valence-corrected chi connectivity index (χ0v) is 9.03. The fourth-order valence-corrected chi connectivity index (χ4v) is 1.66. The molecule has 0 aliphatic heterocycles. The molecule has 2 rings (SSSR count). The Morgan fingerprint density at radius 3 is 2.67 bits per heavy atom. The van der Waals surface area contributed by atoms with Gasteiger partial charge in [-0.25, -0.2) is 9.97 Å². The molecule has 1 unspecified atom stereocenters. The largest absolute Gasteiger partial charge is 0.352 e. The third-order valence-electron chi connectivity index (χ3n) is 3.05. The lowest BCUT2D eigenvalue weighted by molar-refractivity contribution is 0.0950. The standard InChI is InChI=1S/C11H15N3O/c1-11(2)3-9(11)6-14-10(15)8-4-12-7-13-5-8/h4-5,7,9H,3,6H2,1-2H3,(H,14,15). The molecule has 1 atom stereocenters. The molecule has 15 heavy (non-hydrogen) atoms. The first-order chi connectivity index (χ1) is 7.09. The van der Waals surface area contributed by atoms with Crippen molar-refractivity contribution in [2.24, 2.45) is 11.3 Å². The van der Waals surface area contributed by atoms with Crippen molar-refractivity contribution >= 4 is 5.91 Å². The van der Waals surface area contributed by atoms with Crippen LogP contribution in [0.1, 0.15) is 30.6 Å². The number of nitrogens with one attached hydrogen (secondary N) is 1. The highest BCUT2D eigenvalue weighted by Gasteiger charge is 2.45. The van der Waals surface area contributed by atoms with Gasteiger partial charge in [-0.1, -0.05) is 13.8 Å². The molecule has 4 nitrogen and oxygen atoms in total.